The van der Waals surface area contributed by atoms with Gasteiger partial charge in [0.15, 0.2) is 0 Å². The van der Waals surface area contributed by atoms with E-state index in [0.29, 0.717) is 5.56 Å². The fraction of sp³-hybridized carbons (Fsp3) is 0.533. The van der Waals surface area contributed by atoms with Crippen molar-refractivity contribution in [2.24, 2.45) is 11.7 Å². The number of amides is 1. The van der Waals surface area contributed by atoms with E-state index in [4.69, 9.17) is 5.73 Å². The number of hydrogen-bond acceptors (Lipinski definition) is 2. The summed E-state index contributed by atoms with van der Waals surface area (Å²) in [5.74, 6) is -1.24. The SMILES string of the molecule is CN(Cc1ccc(F)cc1F)C(=O)C1CCC(N)CC1. The van der Waals surface area contributed by atoms with Crippen LogP contribution < -0.4 is 5.73 Å². The summed E-state index contributed by atoms with van der Waals surface area (Å²) in [5, 5.41) is 0. The van der Waals surface area contributed by atoms with Crippen LogP contribution in [-0.2, 0) is 11.3 Å². The van der Waals surface area contributed by atoms with Crippen LogP contribution in [0, 0.1) is 17.6 Å². The number of benzene rings is 1. The topological polar surface area (TPSA) is 46.3 Å². The highest BCUT2D eigenvalue weighted by molar-refractivity contribution is 5.78. The summed E-state index contributed by atoms with van der Waals surface area (Å²) < 4.78 is 26.4. The number of nitrogens with two attached hydrogens (primary N) is 1. The largest absolute Gasteiger partial charge is 0.341 e. The van der Waals surface area contributed by atoms with Crippen molar-refractivity contribution in [2.75, 3.05) is 7.05 Å². The zero-order chi connectivity index (χ0) is 14.7. The van der Waals surface area contributed by atoms with Gasteiger partial charge in [-0.3, -0.25) is 4.79 Å². The number of hydrogen-bond donors (Lipinski definition) is 1. The summed E-state index contributed by atoms with van der Waals surface area (Å²) in [6.45, 7) is 0.160. The lowest BCUT2D eigenvalue weighted by Gasteiger charge is -2.29. The molecule has 1 amide bonds. The van der Waals surface area contributed by atoms with E-state index in [1.807, 2.05) is 0 Å². The number of carbonyl (C=O) groups excluding carboxylic acids is 1. The third-order valence-corrected chi connectivity index (χ3v) is 3.92. The number of halogens is 2. The van der Waals surface area contributed by atoms with E-state index in [0.717, 1.165) is 31.7 Å². The van der Waals surface area contributed by atoms with Crippen molar-refractivity contribution in [1.29, 1.82) is 0 Å². The fourth-order valence-electron chi connectivity index (χ4n) is 2.66. The molecular weight excluding hydrogens is 262 g/mol. The number of rotatable bonds is 3. The highest BCUT2D eigenvalue weighted by Crippen LogP contribution is 2.25. The Morgan fingerprint density at radius 1 is 1.30 bits per heavy atom. The molecule has 1 aliphatic rings. The van der Waals surface area contributed by atoms with Crippen molar-refractivity contribution in [2.45, 2.75) is 38.3 Å². The minimum absolute atomic E-state index is 0.0145. The van der Waals surface area contributed by atoms with Gasteiger partial charge >= 0.3 is 0 Å². The maximum Gasteiger partial charge on any atom is 0.225 e. The molecule has 110 valence electrons. The molecule has 3 nitrogen and oxygen atoms in total. The first-order chi connectivity index (χ1) is 9.47. The summed E-state index contributed by atoms with van der Waals surface area (Å²) in [6.07, 6.45) is 3.29. The molecule has 0 spiro atoms. The summed E-state index contributed by atoms with van der Waals surface area (Å²) >= 11 is 0. The molecule has 1 aromatic rings. The van der Waals surface area contributed by atoms with Gasteiger partial charge in [-0.1, -0.05) is 6.07 Å². The van der Waals surface area contributed by atoms with Gasteiger partial charge in [-0.2, -0.15) is 0 Å². The molecule has 1 saturated carbocycles. The Kier molecular flexibility index (Phi) is 4.70. The van der Waals surface area contributed by atoms with E-state index in [1.54, 1.807) is 7.05 Å². The summed E-state index contributed by atoms with van der Waals surface area (Å²) in [7, 11) is 1.65. The van der Waals surface area contributed by atoms with Crippen LogP contribution in [0.1, 0.15) is 31.2 Å². The lowest BCUT2D eigenvalue weighted by Crippen LogP contribution is -2.37. The molecule has 2 rings (SSSR count). The molecule has 0 atom stereocenters. The molecule has 2 N–H and O–H groups in total. The van der Waals surface area contributed by atoms with Crippen LogP contribution in [-0.4, -0.2) is 23.9 Å². The Bertz CT molecular complexity index is 485. The van der Waals surface area contributed by atoms with Gasteiger partial charge in [-0.25, -0.2) is 8.78 Å². The lowest BCUT2D eigenvalue weighted by molar-refractivity contribution is -0.135. The summed E-state index contributed by atoms with van der Waals surface area (Å²) in [6, 6.07) is 3.62. The molecule has 0 saturated heterocycles. The average molecular weight is 282 g/mol. The van der Waals surface area contributed by atoms with Crippen LogP contribution in [0.25, 0.3) is 0 Å². The van der Waals surface area contributed by atoms with Crippen LogP contribution >= 0.6 is 0 Å². The fourth-order valence-corrected chi connectivity index (χ4v) is 2.66. The molecule has 1 aliphatic carbocycles. The first kappa shape index (κ1) is 14.9. The molecule has 0 bridgehead atoms. The smallest absolute Gasteiger partial charge is 0.225 e. The molecular formula is C15H20F2N2O. The molecule has 0 aromatic heterocycles. The van der Waals surface area contributed by atoms with Crippen molar-refractivity contribution in [3.63, 3.8) is 0 Å². The van der Waals surface area contributed by atoms with E-state index in [1.165, 1.54) is 17.0 Å². The maximum atomic E-state index is 13.6. The highest BCUT2D eigenvalue weighted by Gasteiger charge is 2.27. The Morgan fingerprint density at radius 2 is 1.95 bits per heavy atom. The monoisotopic (exact) mass is 282 g/mol. The van der Waals surface area contributed by atoms with E-state index in [2.05, 4.69) is 0 Å². The molecule has 0 heterocycles. The molecule has 1 fully saturated rings. The zero-order valence-electron chi connectivity index (χ0n) is 11.6. The van der Waals surface area contributed by atoms with Crippen molar-refractivity contribution >= 4 is 5.91 Å². The minimum atomic E-state index is -0.615. The first-order valence-corrected chi connectivity index (χ1v) is 6.92. The summed E-state index contributed by atoms with van der Waals surface area (Å²) in [5.41, 5.74) is 6.15. The molecule has 0 unspecified atom stereocenters. The number of nitrogens with zero attached hydrogens (tertiary/aromatic N) is 1. The second-order valence-electron chi connectivity index (χ2n) is 5.54. The van der Waals surface area contributed by atoms with Crippen LogP contribution in [0.3, 0.4) is 0 Å². The molecule has 5 heteroatoms. The normalized spacial score (nSPS) is 22.6. The van der Waals surface area contributed by atoms with Gasteiger partial charge in [0.25, 0.3) is 0 Å². The highest BCUT2D eigenvalue weighted by atomic mass is 19.1. The van der Waals surface area contributed by atoms with Crippen molar-refractivity contribution in [1.82, 2.24) is 4.90 Å². The average Bonchev–Trinajstić information content (AvgIpc) is 2.42. The van der Waals surface area contributed by atoms with Crippen molar-refractivity contribution in [3.8, 4) is 0 Å². The minimum Gasteiger partial charge on any atom is -0.341 e. The van der Waals surface area contributed by atoms with Gasteiger partial charge < -0.3 is 10.6 Å². The Hall–Kier alpha value is -1.49. The first-order valence-electron chi connectivity index (χ1n) is 6.92. The molecule has 1 aromatic carbocycles. The predicted octanol–water partition coefficient (Wildman–Crippen LogP) is 2.44. The van der Waals surface area contributed by atoms with E-state index < -0.39 is 11.6 Å². The van der Waals surface area contributed by atoms with Gasteiger partial charge in [0.2, 0.25) is 5.91 Å². The standard InChI is InChI=1S/C15H20F2N2O/c1-19(9-11-2-5-12(16)8-14(11)17)15(20)10-3-6-13(18)7-4-10/h2,5,8,10,13H,3-4,6-7,9,18H2,1H3. The van der Waals surface area contributed by atoms with E-state index >= 15 is 0 Å². The van der Waals surface area contributed by atoms with E-state index in [-0.39, 0.29) is 24.4 Å². The Morgan fingerprint density at radius 3 is 2.55 bits per heavy atom. The van der Waals surface area contributed by atoms with Gasteiger partial charge in [0.1, 0.15) is 11.6 Å². The van der Waals surface area contributed by atoms with Gasteiger partial charge in [-0.15, -0.1) is 0 Å². The van der Waals surface area contributed by atoms with Gasteiger partial charge in [0.05, 0.1) is 0 Å². The van der Waals surface area contributed by atoms with Crippen molar-refractivity contribution in [3.05, 3.63) is 35.4 Å². The molecule has 0 aliphatic heterocycles. The molecule has 20 heavy (non-hydrogen) atoms. The number of carbonyl (C=O) groups is 1. The second kappa shape index (κ2) is 6.31. The third kappa shape index (κ3) is 3.54. The van der Waals surface area contributed by atoms with Gasteiger partial charge in [0, 0.05) is 37.2 Å². The zero-order valence-corrected chi connectivity index (χ0v) is 11.6. The predicted molar refractivity (Wildman–Crippen MR) is 72.8 cm³/mol. The summed E-state index contributed by atoms with van der Waals surface area (Å²) in [4.78, 5) is 13.8. The molecule has 0 radical (unpaired) electrons. The second-order valence-corrected chi connectivity index (χ2v) is 5.54. The van der Waals surface area contributed by atoms with Gasteiger partial charge in [-0.05, 0) is 31.7 Å². The maximum absolute atomic E-state index is 13.6. The van der Waals surface area contributed by atoms with Crippen LogP contribution in [0.15, 0.2) is 18.2 Å². The Balaban J connectivity index is 1.97. The Labute approximate surface area is 117 Å². The van der Waals surface area contributed by atoms with Crippen molar-refractivity contribution < 1.29 is 13.6 Å². The van der Waals surface area contributed by atoms with E-state index in [9.17, 15) is 13.6 Å². The van der Waals surface area contributed by atoms with Crippen LogP contribution in [0.4, 0.5) is 8.78 Å². The van der Waals surface area contributed by atoms with Crippen LogP contribution in [0.2, 0.25) is 0 Å². The lowest BCUT2D eigenvalue weighted by atomic mass is 9.85. The third-order valence-electron chi connectivity index (χ3n) is 3.92. The quantitative estimate of drug-likeness (QED) is 0.925. The van der Waals surface area contributed by atoms with Crippen LogP contribution in [0.5, 0.6) is 0 Å².